The minimum Gasteiger partial charge on any atom is -0.336 e. The Kier molecular flexibility index (Phi) is 4.44. The number of carbonyl (C=O) groups is 1. The fraction of sp³-hybridized carbons (Fsp3) is 0.381. The van der Waals surface area contributed by atoms with E-state index in [9.17, 15) is 4.79 Å². The molecule has 6 heteroatoms. The first-order chi connectivity index (χ1) is 13.0. The highest BCUT2D eigenvalue weighted by Crippen LogP contribution is 2.30. The molecule has 2 unspecified atom stereocenters. The van der Waals surface area contributed by atoms with Crippen molar-refractivity contribution in [3.63, 3.8) is 0 Å². The predicted octanol–water partition coefficient (Wildman–Crippen LogP) is 2.75. The number of nitrogens with two attached hydrogens (primary N) is 1. The van der Waals surface area contributed by atoms with Crippen LogP contribution in [0.1, 0.15) is 29.4 Å². The van der Waals surface area contributed by atoms with Crippen molar-refractivity contribution in [3.05, 3.63) is 47.7 Å². The van der Waals surface area contributed by atoms with E-state index in [1.165, 1.54) is 0 Å². The molecule has 1 saturated heterocycles. The molecular formula is C21H25N5O. The predicted molar refractivity (Wildman–Crippen MR) is 106 cm³/mol. The summed E-state index contributed by atoms with van der Waals surface area (Å²) >= 11 is 0. The molecule has 2 N–H and O–H groups in total. The van der Waals surface area contributed by atoms with Crippen LogP contribution in [-0.2, 0) is 7.05 Å². The van der Waals surface area contributed by atoms with Gasteiger partial charge < -0.3 is 10.6 Å². The highest BCUT2D eigenvalue weighted by atomic mass is 16.2. The van der Waals surface area contributed by atoms with Gasteiger partial charge in [0.25, 0.3) is 5.91 Å². The first-order valence-corrected chi connectivity index (χ1v) is 9.40. The van der Waals surface area contributed by atoms with E-state index in [4.69, 9.17) is 10.7 Å². The van der Waals surface area contributed by atoms with Crippen molar-refractivity contribution in [2.75, 3.05) is 13.1 Å². The van der Waals surface area contributed by atoms with Crippen LogP contribution < -0.4 is 5.73 Å². The molecule has 0 bridgehead atoms. The minimum atomic E-state index is 0.0409. The summed E-state index contributed by atoms with van der Waals surface area (Å²) in [6.07, 6.45) is 0.952. The Hall–Kier alpha value is -2.73. The van der Waals surface area contributed by atoms with Crippen LogP contribution in [0, 0.1) is 12.8 Å². The van der Waals surface area contributed by atoms with E-state index >= 15 is 0 Å². The Balaban J connectivity index is 1.87. The number of hydrogen-bond acceptors (Lipinski definition) is 4. The van der Waals surface area contributed by atoms with E-state index in [1.807, 2.05) is 55.3 Å². The molecule has 0 saturated carbocycles. The lowest BCUT2D eigenvalue weighted by Crippen LogP contribution is -2.34. The maximum absolute atomic E-state index is 13.5. The number of likely N-dealkylation sites (tertiary alicyclic amines) is 1. The van der Waals surface area contributed by atoms with Gasteiger partial charge in [-0.25, -0.2) is 4.98 Å². The van der Waals surface area contributed by atoms with Crippen molar-refractivity contribution in [3.8, 4) is 11.3 Å². The molecule has 0 spiro atoms. The van der Waals surface area contributed by atoms with Crippen LogP contribution in [0.3, 0.4) is 0 Å². The molecule has 3 aromatic rings. The number of pyridine rings is 1. The molecule has 1 aliphatic heterocycles. The molecule has 2 aromatic heterocycles. The number of aromatic nitrogens is 3. The third-order valence-corrected chi connectivity index (χ3v) is 5.52. The molecule has 2 atom stereocenters. The normalized spacial score (nSPS) is 19.8. The van der Waals surface area contributed by atoms with Crippen molar-refractivity contribution in [2.45, 2.75) is 26.3 Å². The fourth-order valence-electron chi connectivity index (χ4n) is 4.12. The van der Waals surface area contributed by atoms with Crippen LogP contribution in [0.25, 0.3) is 22.3 Å². The molecule has 27 heavy (non-hydrogen) atoms. The van der Waals surface area contributed by atoms with E-state index < -0.39 is 0 Å². The summed E-state index contributed by atoms with van der Waals surface area (Å²) in [6, 6.07) is 12.0. The average Bonchev–Trinajstić information content (AvgIpc) is 3.20. The summed E-state index contributed by atoms with van der Waals surface area (Å²) in [5.41, 5.74) is 9.86. The first-order valence-electron chi connectivity index (χ1n) is 9.40. The van der Waals surface area contributed by atoms with E-state index in [2.05, 4.69) is 12.0 Å². The molecule has 1 amide bonds. The van der Waals surface area contributed by atoms with Crippen molar-refractivity contribution >= 4 is 16.9 Å². The van der Waals surface area contributed by atoms with Gasteiger partial charge in [0.2, 0.25) is 0 Å². The number of carbonyl (C=O) groups excluding carboxylic acids is 1. The number of aryl methyl sites for hydroxylation is 2. The van der Waals surface area contributed by atoms with Crippen molar-refractivity contribution in [1.82, 2.24) is 19.7 Å². The highest BCUT2D eigenvalue weighted by molar-refractivity contribution is 6.07. The minimum absolute atomic E-state index is 0.0409. The lowest BCUT2D eigenvalue weighted by molar-refractivity contribution is 0.0745. The summed E-state index contributed by atoms with van der Waals surface area (Å²) < 4.78 is 1.75. The number of nitrogens with zero attached hydrogens (tertiary/aromatic N) is 4. The number of fused-ring (bicyclic) bond motifs is 1. The molecule has 4 rings (SSSR count). The maximum Gasteiger partial charge on any atom is 0.255 e. The summed E-state index contributed by atoms with van der Waals surface area (Å²) in [5, 5.41) is 5.35. The zero-order valence-electron chi connectivity index (χ0n) is 16.0. The largest absolute Gasteiger partial charge is 0.336 e. The molecule has 3 heterocycles. The van der Waals surface area contributed by atoms with E-state index in [1.54, 1.807) is 4.68 Å². The van der Waals surface area contributed by atoms with E-state index in [-0.39, 0.29) is 11.9 Å². The van der Waals surface area contributed by atoms with Crippen LogP contribution in [0.4, 0.5) is 0 Å². The van der Waals surface area contributed by atoms with Crippen molar-refractivity contribution < 1.29 is 4.79 Å². The number of amides is 1. The molecule has 1 aromatic carbocycles. The Morgan fingerprint density at radius 2 is 2.04 bits per heavy atom. The summed E-state index contributed by atoms with van der Waals surface area (Å²) in [5.74, 6) is 0.406. The highest BCUT2D eigenvalue weighted by Gasteiger charge is 2.33. The third kappa shape index (κ3) is 3.00. The van der Waals surface area contributed by atoms with Crippen LogP contribution in [0.2, 0.25) is 0 Å². The van der Waals surface area contributed by atoms with Crippen molar-refractivity contribution in [2.24, 2.45) is 18.7 Å². The molecule has 0 aliphatic carbocycles. The van der Waals surface area contributed by atoms with Crippen LogP contribution >= 0.6 is 0 Å². The topological polar surface area (TPSA) is 77.0 Å². The lowest BCUT2D eigenvalue weighted by atomic mass is 10.0. The van der Waals surface area contributed by atoms with E-state index in [0.717, 1.165) is 34.4 Å². The summed E-state index contributed by atoms with van der Waals surface area (Å²) in [6.45, 7) is 5.35. The Morgan fingerprint density at radius 1 is 1.30 bits per heavy atom. The fourth-order valence-corrected chi connectivity index (χ4v) is 4.12. The molecule has 1 aliphatic rings. The summed E-state index contributed by atoms with van der Waals surface area (Å²) in [7, 11) is 1.87. The number of benzene rings is 1. The van der Waals surface area contributed by atoms with Gasteiger partial charge in [-0.2, -0.15) is 5.10 Å². The maximum atomic E-state index is 13.5. The van der Waals surface area contributed by atoms with Gasteiger partial charge in [0.05, 0.1) is 22.3 Å². The molecule has 140 valence electrons. The molecule has 0 radical (unpaired) electrons. The van der Waals surface area contributed by atoms with Crippen molar-refractivity contribution in [1.29, 1.82) is 0 Å². The molecule has 6 nitrogen and oxygen atoms in total. The lowest BCUT2D eigenvalue weighted by Gasteiger charge is -2.22. The quantitative estimate of drug-likeness (QED) is 0.776. The zero-order chi connectivity index (χ0) is 19.1. The van der Waals surface area contributed by atoms with Gasteiger partial charge in [-0.3, -0.25) is 9.48 Å². The monoisotopic (exact) mass is 363 g/mol. The second-order valence-corrected chi connectivity index (χ2v) is 7.47. The Bertz CT molecular complexity index is 995. The van der Waals surface area contributed by atoms with Gasteiger partial charge in [0.1, 0.15) is 0 Å². The second-order valence-electron chi connectivity index (χ2n) is 7.47. The zero-order valence-corrected chi connectivity index (χ0v) is 16.0. The molecular weight excluding hydrogens is 338 g/mol. The Labute approximate surface area is 159 Å². The standard InChI is InChI=1S/C21H25N5O/c1-13-9-15(11-22)12-26(13)21(27)17-10-18(16-7-5-4-6-8-16)23-20-19(17)14(2)24-25(20)3/h4-8,10,13,15H,9,11-12,22H2,1-3H3. The van der Waals surface area contributed by atoms with Gasteiger partial charge in [0, 0.05) is 25.2 Å². The van der Waals surface area contributed by atoms with Gasteiger partial charge >= 0.3 is 0 Å². The first kappa shape index (κ1) is 17.7. The van der Waals surface area contributed by atoms with E-state index in [0.29, 0.717) is 24.6 Å². The summed E-state index contributed by atoms with van der Waals surface area (Å²) in [4.78, 5) is 20.2. The van der Waals surface area contributed by atoms with Gasteiger partial charge in [-0.05, 0) is 38.8 Å². The second kappa shape index (κ2) is 6.78. The Morgan fingerprint density at radius 3 is 2.70 bits per heavy atom. The van der Waals surface area contributed by atoms with Gasteiger partial charge in [-0.1, -0.05) is 30.3 Å². The average molecular weight is 363 g/mol. The SMILES string of the molecule is Cc1nn(C)c2nc(-c3ccccc3)cc(C(=O)N3CC(CN)CC3C)c12. The number of rotatable bonds is 3. The smallest absolute Gasteiger partial charge is 0.255 e. The van der Waals surface area contributed by atoms with Gasteiger partial charge in [0.15, 0.2) is 5.65 Å². The number of hydrogen-bond donors (Lipinski definition) is 1. The van der Waals surface area contributed by atoms with Crippen LogP contribution in [0.5, 0.6) is 0 Å². The molecule has 1 fully saturated rings. The van der Waals surface area contributed by atoms with Gasteiger partial charge in [-0.15, -0.1) is 0 Å². The van der Waals surface area contributed by atoms with Crippen LogP contribution in [0.15, 0.2) is 36.4 Å². The third-order valence-electron chi connectivity index (χ3n) is 5.52. The van der Waals surface area contributed by atoms with Crippen LogP contribution in [-0.4, -0.2) is 44.7 Å².